The minimum Gasteiger partial charge on any atom is -0.369 e. The number of hydrogen-bond donors (Lipinski definition) is 2. The van der Waals surface area contributed by atoms with Gasteiger partial charge in [0.25, 0.3) is 0 Å². The molecule has 0 unspecified atom stereocenters. The van der Waals surface area contributed by atoms with Gasteiger partial charge in [0.05, 0.1) is 0 Å². The van der Waals surface area contributed by atoms with Gasteiger partial charge in [-0.25, -0.2) is 9.18 Å². The fourth-order valence-electron chi connectivity index (χ4n) is 3.08. The Hall–Kier alpha value is -2.11. The number of nitrogens with one attached hydrogen (secondary N) is 1. The molecule has 0 radical (unpaired) electrons. The lowest BCUT2D eigenvalue weighted by Gasteiger charge is -2.30. The van der Waals surface area contributed by atoms with E-state index in [1.165, 1.54) is 12.1 Å². The molecule has 6 heteroatoms. The van der Waals surface area contributed by atoms with Crippen LogP contribution in [0.3, 0.4) is 0 Å². The van der Waals surface area contributed by atoms with Crippen LogP contribution in [0, 0.1) is 11.7 Å². The average molecular weight is 305 g/mol. The fraction of sp³-hybridized carbons (Fsp3) is 0.500. The van der Waals surface area contributed by atoms with E-state index in [2.05, 4.69) is 5.32 Å². The highest BCUT2D eigenvalue weighted by atomic mass is 19.1. The molecule has 2 fully saturated rings. The van der Waals surface area contributed by atoms with Gasteiger partial charge >= 0.3 is 6.03 Å². The summed E-state index contributed by atoms with van der Waals surface area (Å²) in [5.74, 6) is -0.454. The van der Waals surface area contributed by atoms with Gasteiger partial charge in [0, 0.05) is 31.0 Å². The maximum atomic E-state index is 13.2. The Balaban J connectivity index is 1.49. The van der Waals surface area contributed by atoms with Gasteiger partial charge in [-0.05, 0) is 37.0 Å². The zero-order valence-corrected chi connectivity index (χ0v) is 12.3. The van der Waals surface area contributed by atoms with Gasteiger partial charge in [-0.3, -0.25) is 4.79 Å². The lowest BCUT2D eigenvalue weighted by molar-refractivity contribution is -0.123. The van der Waals surface area contributed by atoms with E-state index in [-0.39, 0.29) is 35.6 Å². The molecule has 3 amide bonds. The summed E-state index contributed by atoms with van der Waals surface area (Å²) in [6, 6.07) is 6.49. The number of nitrogens with two attached hydrogens (primary N) is 1. The maximum Gasteiger partial charge on any atom is 0.317 e. The second-order valence-electron chi connectivity index (χ2n) is 6.12. The standard InChI is InChI=1S/C16H20FN3O2/c17-12-3-1-2-11(8-12)13-9-14(13)19-16(22)20-6-4-10(5-7-20)15(18)21/h1-3,8,10,13-14H,4-7,9H2,(H2,18,21)(H,19,22)/t13-,14+/m0/s1. The Bertz CT molecular complexity index is 585. The highest BCUT2D eigenvalue weighted by Crippen LogP contribution is 2.41. The molecule has 0 bridgehead atoms. The van der Waals surface area contributed by atoms with E-state index in [1.807, 2.05) is 6.07 Å². The Kier molecular flexibility index (Phi) is 4.00. The third-order valence-electron chi connectivity index (χ3n) is 4.56. The van der Waals surface area contributed by atoms with E-state index in [4.69, 9.17) is 5.73 Å². The van der Waals surface area contributed by atoms with Crippen LogP contribution >= 0.6 is 0 Å². The molecular weight excluding hydrogens is 285 g/mol. The molecule has 1 aromatic carbocycles. The van der Waals surface area contributed by atoms with Gasteiger partial charge in [0.1, 0.15) is 5.82 Å². The van der Waals surface area contributed by atoms with Crippen molar-refractivity contribution >= 4 is 11.9 Å². The van der Waals surface area contributed by atoms with Gasteiger partial charge in [-0.2, -0.15) is 0 Å². The van der Waals surface area contributed by atoms with E-state index < -0.39 is 0 Å². The predicted octanol–water partition coefficient (Wildman–Crippen LogP) is 1.59. The van der Waals surface area contributed by atoms with Crippen LogP contribution in [0.25, 0.3) is 0 Å². The summed E-state index contributed by atoms with van der Waals surface area (Å²) in [7, 11) is 0. The minimum absolute atomic E-state index is 0.0724. The first-order chi connectivity index (χ1) is 10.5. The highest BCUT2D eigenvalue weighted by Gasteiger charge is 2.40. The van der Waals surface area contributed by atoms with Crippen molar-refractivity contribution < 1.29 is 14.0 Å². The number of amides is 3. The monoisotopic (exact) mass is 305 g/mol. The van der Waals surface area contributed by atoms with Gasteiger partial charge < -0.3 is 16.0 Å². The van der Waals surface area contributed by atoms with Crippen molar-refractivity contribution in [1.82, 2.24) is 10.2 Å². The van der Waals surface area contributed by atoms with Crippen molar-refractivity contribution in [3.05, 3.63) is 35.6 Å². The molecule has 22 heavy (non-hydrogen) atoms. The van der Waals surface area contributed by atoms with Gasteiger partial charge in [-0.1, -0.05) is 12.1 Å². The van der Waals surface area contributed by atoms with Crippen LogP contribution in [0.1, 0.15) is 30.7 Å². The van der Waals surface area contributed by atoms with Crippen molar-refractivity contribution in [2.75, 3.05) is 13.1 Å². The number of benzene rings is 1. The van der Waals surface area contributed by atoms with Crippen molar-refractivity contribution in [1.29, 1.82) is 0 Å². The average Bonchev–Trinajstić information content (AvgIpc) is 3.26. The molecule has 0 spiro atoms. The zero-order valence-electron chi connectivity index (χ0n) is 12.3. The molecule has 0 aromatic heterocycles. The smallest absolute Gasteiger partial charge is 0.317 e. The number of carbonyl (C=O) groups is 2. The van der Waals surface area contributed by atoms with Gasteiger partial charge in [0.2, 0.25) is 5.91 Å². The van der Waals surface area contributed by atoms with Crippen LogP contribution in [-0.2, 0) is 4.79 Å². The third-order valence-corrected chi connectivity index (χ3v) is 4.56. The number of nitrogens with zero attached hydrogens (tertiary/aromatic N) is 1. The molecule has 1 saturated carbocycles. The lowest BCUT2D eigenvalue weighted by Crippen LogP contribution is -2.47. The lowest BCUT2D eigenvalue weighted by atomic mass is 9.96. The van der Waals surface area contributed by atoms with Crippen LogP contribution in [0.5, 0.6) is 0 Å². The van der Waals surface area contributed by atoms with E-state index >= 15 is 0 Å². The zero-order chi connectivity index (χ0) is 15.7. The van der Waals surface area contributed by atoms with Crippen LogP contribution < -0.4 is 11.1 Å². The summed E-state index contributed by atoms with van der Waals surface area (Å²) in [4.78, 5) is 25.0. The second kappa shape index (κ2) is 5.94. The van der Waals surface area contributed by atoms with Gasteiger partial charge in [0.15, 0.2) is 0 Å². The number of primary amides is 1. The maximum absolute atomic E-state index is 13.2. The van der Waals surface area contributed by atoms with Gasteiger partial charge in [-0.15, -0.1) is 0 Å². The largest absolute Gasteiger partial charge is 0.369 e. The third kappa shape index (κ3) is 3.21. The number of urea groups is 1. The number of rotatable bonds is 3. The Morgan fingerprint density at radius 1 is 1.27 bits per heavy atom. The van der Waals surface area contributed by atoms with Crippen molar-refractivity contribution in [2.24, 2.45) is 11.7 Å². The summed E-state index contributed by atoms with van der Waals surface area (Å²) in [5, 5.41) is 2.98. The number of halogens is 1. The summed E-state index contributed by atoms with van der Waals surface area (Å²) in [5.41, 5.74) is 6.21. The predicted molar refractivity (Wildman–Crippen MR) is 79.6 cm³/mol. The van der Waals surface area contributed by atoms with Crippen molar-refractivity contribution in [3.63, 3.8) is 0 Å². The molecular formula is C16H20FN3O2. The molecule has 118 valence electrons. The number of carbonyl (C=O) groups excluding carboxylic acids is 2. The van der Waals surface area contributed by atoms with Crippen LogP contribution in [0.2, 0.25) is 0 Å². The van der Waals surface area contributed by atoms with Crippen molar-refractivity contribution in [2.45, 2.75) is 31.2 Å². The highest BCUT2D eigenvalue weighted by molar-refractivity contribution is 5.78. The summed E-state index contributed by atoms with van der Waals surface area (Å²) < 4.78 is 13.2. The molecule has 2 aliphatic rings. The van der Waals surface area contributed by atoms with E-state index in [9.17, 15) is 14.0 Å². The van der Waals surface area contributed by atoms with Crippen molar-refractivity contribution in [3.8, 4) is 0 Å². The number of piperidine rings is 1. The van der Waals surface area contributed by atoms with E-state index in [1.54, 1.807) is 11.0 Å². The number of likely N-dealkylation sites (tertiary alicyclic amines) is 1. The molecule has 1 heterocycles. The second-order valence-corrected chi connectivity index (χ2v) is 6.12. The topological polar surface area (TPSA) is 75.4 Å². The van der Waals surface area contributed by atoms with Crippen LogP contribution in [0.4, 0.5) is 9.18 Å². The van der Waals surface area contributed by atoms with E-state index in [0.29, 0.717) is 25.9 Å². The van der Waals surface area contributed by atoms with Crippen LogP contribution in [-0.4, -0.2) is 36.0 Å². The Labute approximate surface area is 128 Å². The molecule has 1 aliphatic carbocycles. The van der Waals surface area contributed by atoms with Crippen LogP contribution in [0.15, 0.2) is 24.3 Å². The first kappa shape index (κ1) is 14.8. The molecule has 1 aromatic rings. The summed E-state index contributed by atoms with van der Waals surface area (Å²) in [6.45, 7) is 1.10. The quantitative estimate of drug-likeness (QED) is 0.890. The normalized spacial score (nSPS) is 24.9. The summed E-state index contributed by atoms with van der Waals surface area (Å²) >= 11 is 0. The number of hydrogen-bond acceptors (Lipinski definition) is 2. The molecule has 3 N–H and O–H groups in total. The van der Waals surface area contributed by atoms with E-state index in [0.717, 1.165) is 12.0 Å². The molecule has 1 saturated heterocycles. The molecule has 5 nitrogen and oxygen atoms in total. The first-order valence-electron chi connectivity index (χ1n) is 7.65. The minimum atomic E-state index is -0.284. The Morgan fingerprint density at radius 3 is 2.64 bits per heavy atom. The Morgan fingerprint density at radius 2 is 2.00 bits per heavy atom. The SMILES string of the molecule is NC(=O)C1CCN(C(=O)N[C@@H]2C[C@H]2c2cccc(F)c2)CC1. The molecule has 2 atom stereocenters. The first-order valence-corrected chi connectivity index (χ1v) is 7.65. The summed E-state index contributed by atoms with van der Waals surface area (Å²) in [6.07, 6.45) is 2.09. The molecule has 1 aliphatic heterocycles. The molecule has 3 rings (SSSR count). The fourth-order valence-corrected chi connectivity index (χ4v) is 3.08.